The molecule has 118 valence electrons. The fourth-order valence-electron chi connectivity index (χ4n) is 1.74. The molecule has 0 saturated carbocycles. The number of aromatic nitrogens is 1. The molecule has 0 aliphatic rings. The second kappa shape index (κ2) is 10.5. The summed E-state index contributed by atoms with van der Waals surface area (Å²) in [7, 11) is 1.65. The van der Waals surface area contributed by atoms with Crippen molar-refractivity contribution >= 4 is 17.6 Å². The van der Waals surface area contributed by atoms with Crippen molar-refractivity contribution in [2.75, 3.05) is 33.5 Å². The van der Waals surface area contributed by atoms with Gasteiger partial charge in [0.1, 0.15) is 11.8 Å². The number of hydrogen-bond donors (Lipinski definition) is 0. The molecule has 1 aromatic heterocycles. The van der Waals surface area contributed by atoms with Gasteiger partial charge in [-0.3, -0.25) is 0 Å². The lowest BCUT2D eigenvalue weighted by molar-refractivity contribution is 0.0288. The highest BCUT2D eigenvalue weighted by Gasteiger charge is 2.10. The molecule has 1 aromatic rings. The molecule has 0 saturated heterocycles. The number of rotatable bonds is 10. The minimum Gasteiger partial charge on any atom is -0.460 e. The highest BCUT2D eigenvalue weighted by atomic mass is 35.5. The quantitative estimate of drug-likeness (QED) is 0.377. The number of hydrogen-bond acceptors (Lipinski definition) is 5. The molecule has 0 radical (unpaired) electrons. The summed E-state index contributed by atoms with van der Waals surface area (Å²) in [6, 6.07) is 3.24. The Morgan fingerprint density at radius 2 is 2.05 bits per heavy atom. The molecule has 5 nitrogen and oxygen atoms in total. The van der Waals surface area contributed by atoms with E-state index in [4.69, 9.17) is 25.8 Å². The number of methoxy groups -OCH3 is 1. The molecule has 6 heteroatoms. The first kappa shape index (κ1) is 17.9. The van der Waals surface area contributed by atoms with Gasteiger partial charge in [0, 0.05) is 26.0 Å². The van der Waals surface area contributed by atoms with E-state index >= 15 is 0 Å². The Labute approximate surface area is 130 Å². The lowest BCUT2D eigenvalue weighted by Crippen LogP contribution is -2.12. The lowest BCUT2D eigenvalue weighted by Gasteiger charge is -2.07. The second-order valence-corrected chi connectivity index (χ2v) is 4.90. The molecular formula is C15H22ClNO4. The summed E-state index contributed by atoms with van der Waals surface area (Å²) < 4.78 is 15.4. The molecule has 0 atom stereocenters. The Balaban J connectivity index is 2.34. The van der Waals surface area contributed by atoms with E-state index in [9.17, 15) is 4.79 Å². The normalized spacial score (nSPS) is 10.6. The molecule has 0 spiro atoms. The van der Waals surface area contributed by atoms with E-state index < -0.39 is 5.97 Å². The van der Waals surface area contributed by atoms with Crippen LogP contribution in [0.25, 0.3) is 0 Å². The average Bonchev–Trinajstić information content (AvgIpc) is 2.46. The molecule has 0 aromatic carbocycles. The van der Waals surface area contributed by atoms with Crippen molar-refractivity contribution in [3.05, 3.63) is 28.5 Å². The molecule has 0 amide bonds. The Bertz CT molecular complexity index is 440. The molecule has 0 aliphatic heterocycles. The largest absolute Gasteiger partial charge is 0.460 e. The van der Waals surface area contributed by atoms with Crippen molar-refractivity contribution in [2.45, 2.75) is 26.2 Å². The number of ether oxygens (including phenoxy) is 3. The van der Waals surface area contributed by atoms with Gasteiger partial charge in [-0.15, -0.1) is 0 Å². The van der Waals surface area contributed by atoms with Crippen LogP contribution >= 0.6 is 11.6 Å². The van der Waals surface area contributed by atoms with Gasteiger partial charge in [-0.2, -0.15) is 0 Å². The summed E-state index contributed by atoms with van der Waals surface area (Å²) in [5.74, 6) is -0.405. The average molecular weight is 316 g/mol. The van der Waals surface area contributed by atoms with Crippen LogP contribution in [0, 0.1) is 0 Å². The van der Waals surface area contributed by atoms with E-state index in [-0.39, 0.29) is 6.61 Å². The number of pyridine rings is 1. The Hall–Kier alpha value is -1.17. The van der Waals surface area contributed by atoms with Gasteiger partial charge in [0.25, 0.3) is 0 Å². The van der Waals surface area contributed by atoms with Crippen LogP contribution in [0.3, 0.4) is 0 Å². The maximum atomic E-state index is 11.9. The van der Waals surface area contributed by atoms with Crippen molar-refractivity contribution < 1.29 is 19.0 Å². The summed E-state index contributed by atoms with van der Waals surface area (Å²) in [6.45, 7) is 3.88. The molecule has 1 rings (SSSR count). The molecule has 0 fully saturated rings. The predicted octanol–water partition coefficient (Wildman–Crippen LogP) is 2.90. The van der Waals surface area contributed by atoms with Gasteiger partial charge in [-0.05, 0) is 25.0 Å². The summed E-state index contributed by atoms with van der Waals surface area (Å²) in [5, 5.41) is 0.309. The van der Waals surface area contributed by atoms with Crippen molar-refractivity contribution in [1.29, 1.82) is 0 Å². The topological polar surface area (TPSA) is 57.7 Å². The van der Waals surface area contributed by atoms with Crippen LogP contribution in [-0.2, 0) is 20.6 Å². The van der Waals surface area contributed by atoms with Gasteiger partial charge in [0.05, 0.1) is 12.2 Å². The number of carbonyl (C=O) groups excluding carboxylic acids is 1. The maximum Gasteiger partial charge on any atom is 0.338 e. The van der Waals surface area contributed by atoms with E-state index in [1.807, 2.05) is 6.92 Å². The Kier molecular flexibility index (Phi) is 8.98. The molecule has 0 unspecified atom stereocenters. The van der Waals surface area contributed by atoms with Crippen LogP contribution < -0.4 is 0 Å². The first-order valence-electron chi connectivity index (χ1n) is 7.07. The van der Waals surface area contributed by atoms with E-state index in [1.54, 1.807) is 13.2 Å². The third kappa shape index (κ3) is 7.41. The van der Waals surface area contributed by atoms with Gasteiger partial charge in [0.15, 0.2) is 0 Å². The fraction of sp³-hybridized carbons (Fsp3) is 0.600. The van der Waals surface area contributed by atoms with Crippen LogP contribution in [0.15, 0.2) is 12.1 Å². The number of nitrogens with zero attached hydrogens (tertiary/aromatic N) is 1. The summed E-state index contributed by atoms with van der Waals surface area (Å²) >= 11 is 5.91. The SMILES string of the molecule is CCCc1cc(C(=O)OCCOCCCOC)cc(Cl)n1. The highest BCUT2D eigenvalue weighted by Crippen LogP contribution is 2.13. The molecule has 0 N–H and O–H groups in total. The third-order valence-electron chi connectivity index (χ3n) is 2.69. The third-order valence-corrected chi connectivity index (χ3v) is 2.88. The Morgan fingerprint density at radius 1 is 1.24 bits per heavy atom. The van der Waals surface area contributed by atoms with Crippen LogP contribution in [-0.4, -0.2) is 44.5 Å². The van der Waals surface area contributed by atoms with E-state index in [1.165, 1.54) is 6.07 Å². The van der Waals surface area contributed by atoms with Gasteiger partial charge in [-0.25, -0.2) is 9.78 Å². The van der Waals surface area contributed by atoms with Crippen molar-refractivity contribution in [2.24, 2.45) is 0 Å². The summed E-state index contributed by atoms with van der Waals surface area (Å²) in [6.07, 6.45) is 2.55. The minimum atomic E-state index is -0.405. The smallest absolute Gasteiger partial charge is 0.338 e. The number of carbonyl (C=O) groups is 1. The number of aryl methyl sites for hydroxylation is 1. The summed E-state index contributed by atoms with van der Waals surface area (Å²) in [5.41, 5.74) is 1.23. The zero-order valence-electron chi connectivity index (χ0n) is 12.6. The first-order chi connectivity index (χ1) is 10.2. The Morgan fingerprint density at radius 3 is 2.76 bits per heavy atom. The highest BCUT2D eigenvalue weighted by molar-refractivity contribution is 6.29. The van der Waals surface area contributed by atoms with Crippen molar-refractivity contribution in [1.82, 2.24) is 4.98 Å². The molecular weight excluding hydrogens is 294 g/mol. The van der Waals surface area contributed by atoms with Crippen molar-refractivity contribution in [3.63, 3.8) is 0 Å². The molecule has 0 aliphatic carbocycles. The zero-order chi connectivity index (χ0) is 15.5. The van der Waals surface area contributed by atoms with Crippen LogP contribution in [0.5, 0.6) is 0 Å². The summed E-state index contributed by atoms with van der Waals surface area (Å²) in [4.78, 5) is 16.1. The minimum absolute atomic E-state index is 0.217. The van der Waals surface area contributed by atoms with Gasteiger partial charge in [-0.1, -0.05) is 24.9 Å². The van der Waals surface area contributed by atoms with Crippen LogP contribution in [0.4, 0.5) is 0 Å². The fourth-order valence-corrected chi connectivity index (χ4v) is 1.96. The lowest BCUT2D eigenvalue weighted by atomic mass is 10.2. The molecule has 1 heterocycles. The predicted molar refractivity (Wildman–Crippen MR) is 80.8 cm³/mol. The van der Waals surface area contributed by atoms with E-state index in [2.05, 4.69) is 4.98 Å². The van der Waals surface area contributed by atoms with E-state index in [0.717, 1.165) is 25.0 Å². The van der Waals surface area contributed by atoms with E-state index in [0.29, 0.717) is 30.5 Å². The standard InChI is InChI=1S/C15H22ClNO4/c1-3-5-13-10-12(11-14(16)17-13)15(18)21-9-8-20-7-4-6-19-2/h10-11H,3-9H2,1-2H3. The molecule has 21 heavy (non-hydrogen) atoms. The second-order valence-electron chi connectivity index (χ2n) is 4.51. The molecule has 0 bridgehead atoms. The van der Waals surface area contributed by atoms with Crippen molar-refractivity contribution in [3.8, 4) is 0 Å². The zero-order valence-corrected chi connectivity index (χ0v) is 13.3. The monoisotopic (exact) mass is 315 g/mol. The van der Waals surface area contributed by atoms with Gasteiger partial charge >= 0.3 is 5.97 Å². The van der Waals surface area contributed by atoms with Crippen LogP contribution in [0.2, 0.25) is 5.15 Å². The van der Waals surface area contributed by atoms with Crippen LogP contribution in [0.1, 0.15) is 35.8 Å². The number of esters is 1. The first-order valence-corrected chi connectivity index (χ1v) is 7.45. The maximum absolute atomic E-state index is 11.9. The number of halogens is 1. The van der Waals surface area contributed by atoms with Gasteiger partial charge in [0.2, 0.25) is 0 Å². The van der Waals surface area contributed by atoms with Gasteiger partial charge < -0.3 is 14.2 Å².